The van der Waals surface area contributed by atoms with Crippen molar-refractivity contribution in [3.05, 3.63) is 69.5 Å². The number of non-ortho nitro benzene ring substituents is 1. The van der Waals surface area contributed by atoms with E-state index in [0.717, 1.165) is 0 Å². The molecule has 0 saturated carbocycles. The van der Waals surface area contributed by atoms with Gasteiger partial charge >= 0.3 is 0 Å². The predicted octanol–water partition coefficient (Wildman–Crippen LogP) is 2.52. The van der Waals surface area contributed by atoms with Gasteiger partial charge in [0.05, 0.1) is 16.3 Å². The van der Waals surface area contributed by atoms with Crippen LogP contribution >= 0.6 is 0 Å². The van der Waals surface area contributed by atoms with Gasteiger partial charge in [0.2, 0.25) is 5.91 Å². The van der Waals surface area contributed by atoms with E-state index in [2.05, 4.69) is 10.3 Å². The smallest absolute Gasteiger partial charge is 0.270 e. The highest BCUT2D eigenvalue weighted by Gasteiger charge is 2.20. The highest BCUT2D eigenvalue weighted by Crippen LogP contribution is 2.25. The Labute approximate surface area is 124 Å². The molecule has 1 amide bonds. The molecule has 0 atom stereocenters. The highest BCUT2D eigenvalue weighted by atomic mass is 19.1. The standard InChI is InChI=1S/C15H10FN3O3/c16-10-4-5-13-12(7-10)15(17-8-14(20)18-13)9-2-1-3-11(6-9)19(21)22/h1-7H,8H2,(H,18,20). The van der Waals surface area contributed by atoms with E-state index in [1.165, 1.54) is 36.4 Å². The monoisotopic (exact) mass is 299 g/mol. The fourth-order valence-corrected chi connectivity index (χ4v) is 2.26. The molecule has 2 aromatic carbocycles. The SMILES string of the molecule is O=C1CN=C(c2cccc([N+](=O)[O-])c2)c2cc(F)ccc2N1. The Morgan fingerprint density at radius 2 is 2.05 bits per heavy atom. The number of nitrogens with one attached hydrogen (secondary N) is 1. The summed E-state index contributed by atoms with van der Waals surface area (Å²) in [5.41, 5.74) is 1.52. The summed E-state index contributed by atoms with van der Waals surface area (Å²) in [5, 5.41) is 13.5. The van der Waals surface area contributed by atoms with Crippen molar-refractivity contribution in [1.82, 2.24) is 0 Å². The quantitative estimate of drug-likeness (QED) is 0.683. The molecule has 0 radical (unpaired) electrons. The third kappa shape index (κ3) is 2.56. The van der Waals surface area contributed by atoms with Crippen molar-refractivity contribution in [1.29, 1.82) is 0 Å². The van der Waals surface area contributed by atoms with E-state index in [9.17, 15) is 19.3 Å². The molecule has 1 heterocycles. The van der Waals surface area contributed by atoms with Gasteiger partial charge in [0, 0.05) is 23.3 Å². The number of nitrogens with zero attached hydrogens (tertiary/aromatic N) is 2. The Hall–Kier alpha value is -3.09. The lowest BCUT2D eigenvalue weighted by atomic mass is 10.00. The van der Waals surface area contributed by atoms with Crippen LogP contribution in [0.4, 0.5) is 15.8 Å². The van der Waals surface area contributed by atoms with Gasteiger partial charge in [0.1, 0.15) is 12.4 Å². The van der Waals surface area contributed by atoms with Crippen LogP contribution in [0, 0.1) is 15.9 Å². The first-order valence-electron chi connectivity index (χ1n) is 6.43. The largest absolute Gasteiger partial charge is 0.324 e. The normalized spacial score (nSPS) is 13.7. The van der Waals surface area contributed by atoms with Crippen molar-refractivity contribution in [2.24, 2.45) is 4.99 Å². The van der Waals surface area contributed by atoms with E-state index in [0.29, 0.717) is 22.5 Å². The lowest BCUT2D eigenvalue weighted by Gasteiger charge is -2.10. The molecule has 0 aliphatic carbocycles. The fraction of sp³-hybridized carbons (Fsp3) is 0.0667. The molecule has 0 fully saturated rings. The van der Waals surface area contributed by atoms with Gasteiger partial charge in [-0.2, -0.15) is 0 Å². The zero-order valence-electron chi connectivity index (χ0n) is 11.2. The molecular formula is C15H10FN3O3. The first-order valence-corrected chi connectivity index (χ1v) is 6.43. The molecular weight excluding hydrogens is 289 g/mol. The van der Waals surface area contributed by atoms with E-state index < -0.39 is 10.7 Å². The highest BCUT2D eigenvalue weighted by molar-refractivity contribution is 6.19. The van der Waals surface area contributed by atoms with Crippen LogP contribution in [-0.2, 0) is 4.79 Å². The van der Waals surface area contributed by atoms with E-state index in [1.807, 2.05) is 0 Å². The van der Waals surface area contributed by atoms with Gasteiger partial charge in [-0.1, -0.05) is 12.1 Å². The Balaban J connectivity index is 2.18. The Morgan fingerprint density at radius 1 is 1.23 bits per heavy atom. The number of amides is 1. The molecule has 0 bridgehead atoms. The maximum atomic E-state index is 13.5. The van der Waals surface area contributed by atoms with Crippen LogP contribution in [-0.4, -0.2) is 23.1 Å². The first kappa shape index (κ1) is 13.9. The van der Waals surface area contributed by atoms with Gasteiger partial charge in [-0.3, -0.25) is 19.9 Å². The number of rotatable bonds is 2. The van der Waals surface area contributed by atoms with Crippen molar-refractivity contribution in [2.45, 2.75) is 0 Å². The molecule has 1 aliphatic rings. The molecule has 7 heteroatoms. The molecule has 22 heavy (non-hydrogen) atoms. The second kappa shape index (κ2) is 5.36. The van der Waals surface area contributed by atoms with Gasteiger partial charge in [0.25, 0.3) is 5.69 Å². The van der Waals surface area contributed by atoms with Gasteiger partial charge in [0.15, 0.2) is 0 Å². The van der Waals surface area contributed by atoms with Gasteiger partial charge in [-0.15, -0.1) is 0 Å². The summed E-state index contributed by atoms with van der Waals surface area (Å²) in [6.45, 7) is -0.131. The van der Waals surface area contributed by atoms with Gasteiger partial charge in [-0.25, -0.2) is 4.39 Å². The minimum Gasteiger partial charge on any atom is -0.324 e. The molecule has 2 aromatic rings. The summed E-state index contributed by atoms with van der Waals surface area (Å²) in [5.74, 6) is -0.804. The Bertz CT molecular complexity index is 817. The van der Waals surface area contributed by atoms with E-state index >= 15 is 0 Å². The fourth-order valence-electron chi connectivity index (χ4n) is 2.26. The summed E-state index contributed by atoms with van der Waals surface area (Å²) >= 11 is 0. The van der Waals surface area contributed by atoms with Gasteiger partial charge < -0.3 is 5.32 Å². The number of nitro groups is 1. The number of benzene rings is 2. The predicted molar refractivity (Wildman–Crippen MR) is 78.6 cm³/mol. The zero-order valence-corrected chi connectivity index (χ0v) is 11.2. The van der Waals surface area contributed by atoms with Crippen LogP contribution in [0.3, 0.4) is 0 Å². The molecule has 0 unspecified atom stereocenters. The van der Waals surface area contributed by atoms with E-state index in [4.69, 9.17) is 0 Å². The number of nitro benzene ring substituents is 1. The molecule has 6 nitrogen and oxygen atoms in total. The van der Waals surface area contributed by atoms with Crippen LogP contribution in [0.1, 0.15) is 11.1 Å². The third-order valence-corrected chi connectivity index (χ3v) is 3.22. The molecule has 0 spiro atoms. The minimum absolute atomic E-state index is 0.0957. The van der Waals surface area contributed by atoms with E-state index in [-0.39, 0.29) is 18.1 Å². The number of carbonyl (C=O) groups excluding carboxylic acids is 1. The number of carbonyl (C=O) groups is 1. The van der Waals surface area contributed by atoms with Gasteiger partial charge in [-0.05, 0) is 18.2 Å². The maximum absolute atomic E-state index is 13.5. The van der Waals surface area contributed by atoms with Crippen LogP contribution in [0.5, 0.6) is 0 Å². The van der Waals surface area contributed by atoms with E-state index in [1.54, 1.807) is 6.07 Å². The summed E-state index contributed by atoms with van der Waals surface area (Å²) in [6, 6.07) is 9.79. The van der Waals surface area contributed by atoms with Crippen molar-refractivity contribution in [2.75, 3.05) is 11.9 Å². The third-order valence-electron chi connectivity index (χ3n) is 3.22. The Kier molecular flexibility index (Phi) is 3.38. The molecule has 3 rings (SSSR count). The first-order chi connectivity index (χ1) is 10.5. The van der Waals surface area contributed by atoms with Crippen LogP contribution in [0.25, 0.3) is 0 Å². The summed E-state index contributed by atoms with van der Waals surface area (Å²) in [4.78, 5) is 26.2. The lowest BCUT2D eigenvalue weighted by molar-refractivity contribution is -0.384. The minimum atomic E-state index is -0.517. The Morgan fingerprint density at radius 3 is 2.82 bits per heavy atom. The number of halogens is 1. The molecule has 0 saturated heterocycles. The number of benzodiazepines with no additional fused rings is 1. The molecule has 0 aromatic heterocycles. The van der Waals surface area contributed by atoms with Crippen molar-refractivity contribution >= 4 is 23.0 Å². The lowest BCUT2D eigenvalue weighted by Crippen LogP contribution is -2.13. The second-order valence-corrected chi connectivity index (χ2v) is 4.71. The molecule has 1 aliphatic heterocycles. The zero-order chi connectivity index (χ0) is 15.7. The second-order valence-electron chi connectivity index (χ2n) is 4.71. The maximum Gasteiger partial charge on any atom is 0.270 e. The van der Waals surface area contributed by atoms with Crippen LogP contribution in [0.2, 0.25) is 0 Å². The number of hydrogen-bond acceptors (Lipinski definition) is 4. The van der Waals surface area contributed by atoms with Crippen molar-refractivity contribution < 1.29 is 14.1 Å². The average Bonchev–Trinajstić information content (AvgIpc) is 2.65. The number of anilines is 1. The summed E-state index contributed by atoms with van der Waals surface area (Å²) < 4.78 is 13.5. The molecule has 110 valence electrons. The van der Waals surface area contributed by atoms with Crippen molar-refractivity contribution in [3.8, 4) is 0 Å². The molecule has 1 N–H and O–H groups in total. The van der Waals surface area contributed by atoms with Crippen LogP contribution < -0.4 is 5.32 Å². The van der Waals surface area contributed by atoms with Crippen LogP contribution in [0.15, 0.2) is 47.5 Å². The summed E-state index contributed by atoms with van der Waals surface area (Å²) in [6.07, 6.45) is 0. The van der Waals surface area contributed by atoms with Crippen molar-refractivity contribution in [3.63, 3.8) is 0 Å². The number of hydrogen-bond donors (Lipinski definition) is 1. The summed E-state index contributed by atoms with van der Waals surface area (Å²) in [7, 11) is 0. The topological polar surface area (TPSA) is 84.6 Å². The average molecular weight is 299 g/mol. The number of aliphatic imine (C=N–C) groups is 1. The number of fused-ring (bicyclic) bond motifs is 1.